The van der Waals surface area contributed by atoms with E-state index in [9.17, 15) is 10.2 Å². The molecular formula is C19H21NO2. The van der Waals surface area contributed by atoms with Gasteiger partial charge < -0.3 is 10.2 Å². The van der Waals surface area contributed by atoms with Gasteiger partial charge in [-0.2, -0.15) is 0 Å². The Kier molecular flexibility index (Phi) is 2.35. The maximum Gasteiger partial charge on any atom is 0.202 e. The number of aryl methyl sites for hydroxylation is 1. The van der Waals surface area contributed by atoms with Crippen LogP contribution in [-0.2, 0) is 6.42 Å². The first-order chi connectivity index (χ1) is 10.7. The van der Waals surface area contributed by atoms with Crippen LogP contribution in [0, 0.1) is 11.8 Å². The minimum atomic E-state index is 0.279. The topological polar surface area (TPSA) is 45.4 Å². The second-order valence-corrected chi connectivity index (χ2v) is 7.19. The summed E-state index contributed by atoms with van der Waals surface area (Å²) in [6.07, 6.45) is 4.58. The molecule has 0 amide bonds. The number of aromatic nitrogens is 1. The molecule has 4 aliphatic rings. The zero-order chi connectivity index (χ0) is 15.0. The van der Waals surface area contributed by atoms with Crippen LogP contribution < -0.4 is 0 Å². The Balaban J connectivity index is 1.73. The molecule has 0 aliphatic heterocycles. The van der Waals surface area contributed by atoms with Gasteiger partial charge in [-0.15, -0.1) is 0 Å². The van der Waals surface area contributed by atoms with Crippen molar-refractivity contribution in [1.82, 2.24) is 4.57 Å². The van der Waals surface area contributed by atoms with Crippen LogP contribution in [0.15, 0.2) is 24.3 Å². The Bertz CT molecular complexity index is 736. The molecule has 2 N–H and O–H groups in total. The Morgan fingerprint density at radius 2 is 1.68 bits per heavy atom. The van der Waals surface area contributed by atoms with Crippen molar-refractivity contribution in [1.29, 1.82) is 0 Å². The van der Waals surface area contributed by atoms with E-state index in [1.165, 1.54) is 24.8 Å². The van der Waals surface area contributed by atoms with E-state index in [-0.39, 0.29) is 11.8 Å². The van der Waals surface area contributed by atoms with Crippen LogP contribution in [0.2, 0.25) is 0 Å². The molecule has 4 aliphatic carbocycles. The second-order valence-electron chi connectivity index (χ2n) is 7.19. The largest absolute Gasteiger partial charge is 0.494 e. The predicted molar refractivity (Wildman–Crippen MR) is 84.8 cm³/mol. The van der Waals surface area contributed by atoms with Gasteiger partial charge in [-0.1, -0.05) is 19.1 Å². The highest BCUT2D eigenvalue weighted by Gasteiger charge is 2.58. The quantitative estimate of drug-likeness (QED) is 0.877. The Labute approximate surface area is 130 Å². The number of hydrogen-bond donors (Lipinski definition) is 2. The molecule has 2 saturated carbocycles. The molecule has 0 spiro atoms. The summed E-state index contributed by atoms with van der Waals surface area (Å²) in [6.45, 7) is 2.12. The highest BCUT2D eigenvalue weighted by molar-refractivity contribution is 5.59. The van der Waals surface area contributed by atoms with Crippen molar-refractivity contribution in [2.75, 3.05) is 0 Å². The fourth-order valence-electron chi connectivity index (χ4n) is 5.14. The number of aromatic hydroxyl groups is 2. The molecule has 3 nitrogen and oxygen atoms in total. The van der Waals surface area contributed by atoms with E-state index in [1.807, 2.05) is 12.1 Å². The lowest BCUT2D eigenvalue weighted by atomic mass is 9.68. The van der Waals surface area contributed by atoms with Crippen LogP contribution in [-0.4, -0.2) is 14.8 Å². The fourth-order valence-corrected chi connectivity index (χ4v) is 5.14. The molecule has 3 heteroatoms. The molecule has 4 atom stereocenters. The predicted octanol–water partition coefficient (Wildman–Crippen LogP) is 4.06. The number of benzene rings is 1. The molecule has 22 heavy (non-hydrogen) atoms. The van der Waals surface area contributed by atoms with Gasteiger partial charge in [0.15, 0.2) is 0 Å². The van der Waals surface area contributed by atoms with Crippen LogP contribution in [0.5, 0.6) is 11.8 Å². The lowest BCUT2D eigenvalue weighted by Gasteiger charge is -2.35. The number of rotatable bonds is 2. The third-order valence-electron chi connectivity index (χ3n) is 6.23. The minimum absolute atomic E-state index is 0.279. The third kappa shape index (κ3) is 1.42. The lowest BCUT2D eigenvalue weighted by Crippen LogP contribution is -2.22. The fraction of sp³-hybridized carbons (Fsp3) is 0.474. The SMILES string of the molecule is CCc1cccc(-n2c(O)c3c(c2O)[C@@H]2CC[C@H]3[C@H]3C[C@H]32)c1. The molecular weight excluding hydrogens is 274 g/mol. The minimum Gasteiger partial charge on any atom is -0.494 e. The maximum atomic E-state index is 10.8. The van der Waals surface area contributed by atoms with Gasteiger partial charge in [-0.05, 0) is 67.1 Å². The van der Waals surface area contributed by atoms with Crippen molar-refractivity contribution in [3.05, 3.63) is 41.0 Å². The number of hydrogen-bond acceptors (Lipinski definition) is 2. The summed E-state index contributed by atoms with van der Waals surface area (Å²) >= 11 is 0. The molecule has 1 aromatic heterocycles. The zero-order valence-electron chi connectivity index (χ0n) is 12.8. The summed E-state index contributed by atoms with van der Waals surface area (Å²) in [4.78, 5) is 0. The van der Waals surface area contributed by atoms with Crippen molar-refractivity contribution in [3.63, 3.8) is 0 Å². The summed E-state index contributed by atoms with van der Waals surface area (Å²) < 4.78 is 1.67. The van der Waals surface area contributed by atoms with E-state index < -0.39 is 0 Å². The van der Waals surface area contributed by atoms with E-state index in [0.29, 0.717) is 11.8 Å². The molecule has 6 rings (SSSR count). The van der Waals surface area contributed by atoms with E-state index >= 15 is 0 Å². The smallest absolute Gasteiger partial charge is 0.202 e. The first-order valence-electron chi connectivity index (χ1n) is 8.46. The molecule has 1 heterocycles. The Hall–Kier alpha value is -1.90. The average Bonchev–Trinajstić information content (AvgIpc) is 3.32. The average molecular weight is 295 g/mol. The number of nitrogens with zero attached hydrogens (tertiary/aromatic N) is 1. The monoisotopic (exact) mass is 295 g/mol. The van der Waals surface area contributed by atoms with Crippen LogP contribution >= 0.6 is 0 Å². The molecule has 114 valence electrons. The van der Waals surface area contributed by atoms with E-state index in [2.05, 4.69) is 19.1 Å². The van der Waals surface area contributed by atoms with Gasteiger partial charge in [0, 0.05) is 11.1 Å². The molecule has 0 saturated heterocycles. The maximum absolute atomic E-state index is 10.8. The van der Waals surface area contributed by atoms with E-state index in [0.717, 1.165) is 35.1 Å². The van der Waals surface area contributed by atoms with Crippen molar-refractivity contribution in [2.24, 2.45) is 11.8 Å². The Morgan fingerprint density at radius 3 is 2.27 bits per heavy atom. The first kappa shape index (κ1) is 12.6. The van der Waals surface area contributed by atoms with Gasteiger partial charge in [0.25, 0.3) is 0 Å². The van der Waals surface area contributed by atoms with Gasteiger partial charge in [-0.3, -0.25) is 4.57 Å². The van der Waals surface area contributed by atoms with Crippen molar-refractivity contribution >= 4 is 0 Å². The van der Waals surface area contributed by atoms with Gasteiger partial charge in [0.2, 0.25) is 11.8 Å². The van der Waals surface area contributed by atoms with Crippen LogP contribution in [0.1, 0.15) is 54.7 Å². The van der Waals surface area contributed by atoms with Crippen LogP contribution in [0.25, 0.3) is 5.69 Å². The lowest BCUT2D eigenvalue weighted by molar-refractivity contribution is 0.322. The first-order valence-corrected chi connectivity index (χ1v) is 8.46. The van der Waals surface area contributed by atoms with Gasteiger partial charge in [0.1, 0.15) is 0 Å². The normalized spacial score (nSPS) is 31.0. The van der Waals surface area contributed by atoms with Crippen molar-refractivity contribution in [2.45, 2.75) is 44.4 Å². The van der Waals surface area contributed by atoms with E-state index in [1.54, 1.807) is 4.57 Å². The number of fused-ring (bicyclic) bond motifs is 1. The van der Waals surface area contributed by atoms with Crippen LogP contribution in [0.3, 0.4) is 0 Å². The zero-order valence-corrected chi connectivity index (χ0v) is 12.8. The standard InChI is InChI=1S/C19H21NO2/c1-2-10-4-3-5-11(8-10)20-18(21)16-12-6-7-13(15-9-14(12)15)17(16)19(20)22/h3-5,8,12-15,21-22H,2,6-7,9H2,1H3/t12-,13+,14+,15-. The van der Waals surface area contributed by atoms with Gasteiger partial charge in [0.05, 0.1) is 5.69 Å². The van der Waals surface area contributed by atoms with Gasteiger partial charge in [-0.25, -0.2) is 0 Å². The Morgan fingerprint density at radius 1 is 1.05 bits per heavy atom. The summed E-state index contributed by atoms with van der Waals surface area (Å²) in [7, 11) is 0. The van der Waals surface area contributed by atoms with E-state index in [4.69, 9.17) is 0 Å². The third-order valence-corrected chi connectivity index (χ3v) is 6.23. The summed E-state index contributed by atoms with van der Waals surface area (Å²) in [5.74, 6) is 3.00. The van der Waals surface area contributed by atoms with Crippen molar-refractivity contribution < 1.29 is 10.2 Å². The summed E-state index contributed by atoms with van der Waals surface area (Å²) in [6, 6.07) is 8.11. The summed E-state index contributed by atoms with van der Waals surface area (Å²) in [5, 5.41) is 21.7. The molecule has 1 aromatic carbocycles. The molecule has 2 bridgehead atoms. The highest BCUT2D eigenvalue weighted by Crippen LogP contribution is 2.70. The van der Waals surface area contributed by atoms with Gasteiger partial charge >= 0.3 is 0 Å². The molecule has 0 unspecified atom stereocenters. The highest BCUT2D eigenvalue weighted by atomic mass is 16.3. The summed E-state index contributed by atoms with van der Waals surface area (Å²) in [5.41, 5.74) is 4.19. The second kappa shape index (κ2) is 4.09. The molecule has 0 radical (unpaired) electrons. The van der Waals surface area contributed by atoms with Crippen LogP contribution in [0.4, 0.5) is 0 Å². The molecule has 2 fully saturated rings. The molecule has 2 aromatic rings. The van der Waals surface area contributed by atoms with Crippen molar-refractivity contribution in [3.8, 4) is 17.4 Å².